The normalized spacial score (nSPS) is 40.6. The van der Waals surface area contributed by atoms with Crippen LogP contribution in [-0.4, -0.2) is 47.1 Å². The smallest absolute Gasteiger partial charge is 0.326 e. The molecular weight excluding hydrogens is 256 g/mol. The number of nitrogens with one attached hydrogen (secondary N) is 1. The molecule has 5 unspecified atom stereocenters. The molecule has 112 valence electrons. The Hall–Kier alpha value is -1.10. The summed E-state index contributed by atoms with van der Waals surface area (Å²) < 4.78 is 0. The highest BCUT2D eigenvalue weighted by atomic mass is 16.4. The minimum Gasteiger partial charge on any atom is -0.480 e. The second-order valence-electron chi connectivity index (χ2n) is 6.70. The van der Waals surface area contributed by atoms with E-state index in [1.165, 1.54) is 0 Å². The van der Waals surface area contributed by atoms with Gasteiger partial charge < -0.3 is 15.3 Å². The largest absolute Gasteiger partial charge is 0.480 e. The van der Waals surface area contributed by atoms with E-state index in [0.717, 1.165) is 38.6 Å². The number of hydrogen-bond donors (Lipinski definition) is 2. The Bertz CT molecular complexity index is 412. The first-order valence-corrected chi connectivity index (χ1v) is 7.84. The van der Waals surface area contributed by atoms with Crippen molar-refractivity contribution in [3.05, 3.63) is 0 Å². The van der Waals surface area contributed by atoms with Crippen LogP contribution >= 0.6 is 0 Å². The van der Waals surface area contributed by atoms with Gasteiger partial charge >= 0.3 is 5.97 Å². The number of carboxylic acids is 1. The SMILES string of the molecule is CC1CC(C(=O)N2CC3CCCC3C2C(=O)O)CCN1. The zero-order valence-corrected chi connectivity index (χ0v) is 12.0. The fourth-order valence-corrected chi connectivity index (χ4v) is 4.44. The second kappa shape index (κ2) is 5.35. The molecule has 1 aliphatic carbocycles. The van der Waals surface area contributed by atoms with E-state index in [4.69, 9.17) is 0 Å². The van der Waals surface area contributed by atoms with E-state index >= 15 is 0 Å². The van der Waals surface area contributed by atoms with E-state index in [1.807, 2.05) is 0 Å². The minimum absolute atomic E-state index is 0.00641. The Morgan fingerprint density at radius 3 is 2.75 bits per heavy atom. The monoisotopic (exact) mass is 280 g/mol. The number of carbonyl (C=O) groups is 2. The van der Waals surface area contributed by atoms with Crippen LogP contribution in [0.25, 0.3) is 0 Å². The highest BCUT2D eigenvalue weighted by molar-refractivity contribution is 5.86. The van der Waals surface area contributed by atoms with Crippen molar-refractivity contribution >= 4 is 11.9 Å². The molecule has 0 radical (unpaired) electrons. The third-order valence-corrected chi connectivity index (χ3v) is 5.40. The molecule has 5 atom stereocenters. The van der Waals surface area contributed by atoms with E-state index in [1.54, 1.807) is 4.90 Å². The van der Waals surface area contributed by atoms with Crippen LogP contribution in [0.1, 0.15) is 39.0 Å². The summed E-state index contributed by atoms with van der Waals surface area (Å²) in [4.78, 5) is 26.0. The molecule has 1 amide bonds. The van der Waals surface area contributed by atoms with E-state index in [9.17, 15) is 14.7 Å². The molecule has 3 fully saturated rings. The fourth-order valence-electron chi connectivity index (χ4n) is 4.44. The van der Waals surface area contributed by atoms with Gasteiger partial charge in [-0.1, -0.05) is 6.42 Å². The molecule has 0 aromatic rings. The molecule has 3 aliphatic rings. The van der Waals surface area contributed by atoms with Gasteiger partial charge in [-0.05, 0) is 51.0 Å². The highest BCUT2D eigenvalue weighted by Gasteiger charge is 2.50. The summed E-state index contributed by atoms with van der Waals surface area (Å²) in [6.07, 6.45) is 4.83. The van der Waals surface area contributed by atoms with Crippen molar-refractivity contribution in [2.75, 3.05) is 13.1 Å². The molecule has 2 heterocycles. The van der Waals surface area contributed by atoms with Crippen molar-refractivity contribution in [3.8, 4) is 0 Å². The van der Waals surface area contributed by atoms with Crippen LogP contribution in [-0.2, 0) is 9.59 Å². The van der Waals surface area contributed by atoms with Gasteiger partial charge in [0.25, 0.3) is 0 Å². The summed E-state index contributed by atoms with van der Waals surface area (Å²) in [5, 5.41) is 12.9. The van der Waals surface area contributed by atoms with Gasteiger partial charge in [-0.15, -0.1) is 0 Å². The van der Waals surface area contributed by atoms with Gasteiger partial charge in [0, 0.05) is 18.5 Å². The average molecular weight is 280 g/mol. The molecule has 3 rings (SSSR count). The summed E-state index contributed by atoms with van der Waals surface area (Å²) in [6, 6.07) is -0.219. The number of likely N-dealkylation sites (tertiary alicyclic amines) is 1. The molecule has 20 heavy (non-hydrogen) atoms. The number of hydrogen-bond acceptors (Lipinski definition) is 3. The van der Waals surface area contributed by atoms with E-state index in [-0.39, 0.29) is 17.7 Å². The van der Waals surface area contributed by atoms with Gasteiger partial charge in [0.2, 0.25) is 5.91 Å². The van der Waals surface area contributed by atoms with E-state index < -0.39 is 12.0 Å². The first kappa shape index (κ1) is 13.9. The number of fused-ring (bicyclic) bond motifs is 1. The summed E-state index contributed by atoms with van der Waals surface area (Å²) in [5.41, 5.74) is 0. The third kappa shape index (κ3) is 2.32. The van der Waals surface area contributed by atoms with Crippen LogP contribution in [0.5, 0.6) is 0 Å². The van der Waals surface area contributed by atoms with Gasteiger partial charge in [0.05, 0.1) is 0 Å². The van der Waals surface area contributed by atoms with Gasteiger partial charge in [-0.3, -0.25) is 4.79 Å². The van der Waals surface area contributed by atoms with Crippen LogP contribution < -0.4 is 5.32 Å². The number of rotatable bonds is 2. The predicted molar refractivity (Wildman–Crippen MR) is 74.2 cm³/mol. The van der Waals surface area contributed by atoms with Crippen molar-refractivity contribution < 1.29 is 14.7 Å². The van der Waals surface area contributed by atoms with Crippen molar-refractivity contribution in [2.45, 2.75) is 51.1 Å². The Morgan fingerprint density at radius 1 is 1.25 bits per heavy atom. The maximum Gasteiger partial charge on any atom is 0.326 e. The lowest BCUT2D eigenvalue weighted by Crippen LogP contribution is -2.49. The Morgan fingerprint density at radius 2 is 2.05 bits per heavy atom. The van der Waals surface area contributed by atoms with Crippen molar-refractivity contribution in [2.24, 2.45) is 17.8 Å². The Labute approximate surface area is 119 Å². The maximum absolute atomic E-state index is 12.7. The van der Waals surface area contributed by atoms with Crippen LogP contribution in [0.3, 0.4) is 0 Å². The van der Waals surface area contributed by atoms with Crippen LogP contribution in [0.2, 0.25) is 0 Å². The zero-order valence-electron chi connectivity index (χ0n) is 12.0. The first-order chi connectivity index (χ1) is 9.58. The summed E-state index contributed by atoms with van der Waals surface area (Å²) in [7, 11) is 0. The van der Waals surface area contributed by atoms with Crippen LogP contribution in [0.15, 0.2) is 0 Å². The first-order valence-electron chi connectivity index (χ1n) is 7.84. The molecule has 0 aromatic heterocycles. The molecule has 5 nitrogen and oxygen atoms in total. The Balaban J connectivity index is 1.74. The quantitative estimate of drug-likeness (QED) is 0.794. The zero-order chi connectivity index (χ0) is 14.3. The summed E-state index contributed by atoms with van der Waals surface area (Å²) in [6.45, 7) is 3.61. The second-order valence-corrected chi connectivity index (χ2v) is 6.70. The molecule has 0 spiro atoms. The molecule has 2 saturated heterocycles. The summed E-state index contributed by atoms with van der Waals surface area (Å²) in [5.74, 6) is -0.114. The van der Waals surface area contributed by atoms with Crippen LogP contribution in [0, 0.1) is 17.8 Å². The number of carboxylic acid groups (broad SMARTS) is 1. The maximum atomic E-state index is 12.7. The predicted octanol–water partition coefficient (Wildman–Crippen LogP) is 1.09. The highest BCUT2D eigenvalue weighted by Crippen LogP contribution is 2.43. The molecule has 2 aliphatic heterocycles. The lowest BCUT2D eigenvalue weighted by molar-refractivity contribution is -0.151. The lowest BCUT2D eigenvalue weighted by atomic mass is 9.91. The van der Waals surface area contributed by atoms with Crippen molar-refractivity contribution in [1.82, 2.24) is 10.2 Å². The number of carbonyl (C=O) groups excluding carboxylic acids is 1. The molecule has 0 aromatic carbocycles. The number of nitrogens with zero attached hydrogens (tertiary/aromatic N) is 1. The fraction of sp³-hybridized carbons (Fsp3) is 0.867. The molecular formula is C15H24N2O3. The van der Waals surface area contributed by atoms with Crippen molar-refractivity contribution in [3.63, 3.8) is 0 Å². The van der Waals surface area contributed by atoms with Gasteiger partial charge in [-0.2, -0.15) is 0 Å². The van der Waals surface area contributed by atoms with Crippen LogP contribution in [0.4, 0.5) is 0 Å². The number of piperidine rings is 1. The standard InChI is InChI=1S/C15H24N2O3/c1-9-7-10(5-6-16-9)14(18)17-8-11-3-2-4-12(11)13(17)15(19)20/h9-13,16H,2-8H2,1H3,(H,19,20). The van der Waals surface area contributed by atoms with E-state index in [0.29, 0.717) is 18.5 Å². The molecule has 1 saturated carbocycles. The lowest BCUT2D eigenvalue weighted by Gasteiger charge is -2.32. The topological polar surface area (TPSA) is 69.6 Å². The van der Waals surface area contributed by atoms with Gasteiger partial charge in [0.1, 0.15) is 6.04 Å². The third-order valence-electron chi connectivity index (χ3n) is 5.40. The molecule has 2 N–H and O–H groups in total. The van der Waals surface area contributed by atoms with Gasteiger partial charge in [0.15, 0.2) is 0 Å². The van der Waals surface area contributed by atoms with E-state index in [2.05, 4.69) is 12.2 Å². The number of amides is 1. The molecule has 5 heteroatoms. The Kier molecular flexibility index (Phi) is 3.71. The molecule has 0 bridgehead atoms. The number of aliphatic carboxylic acids is 1. The van der Waals surface area contributed by atoms with Crippen molar-refractivity contribution in [1.29, 1.82) is 0 Å². The summed E-state index contributed by atoms with van der Waals surface area (Å²) >= 11 is 0. The van der Waals surface area contributed by atoms with Gasteiger partial charge in [-0.25, -0.2) is 4.79 Å². The average Bonchev–Trinajstić information content (AvgIpc) is 2.96. The minimum atomic E-state index is -0.810.